The fraction of sp³-hybridized carbons (Fsp3) is 0.118. The van der Waals surface area contributed by atoms with E-state index < -0.39 is 5.82 Å². The number of aromatic nitrogens is 2. The van der Waals surface area contributed by atoms with Crippen molar-refractivity contribution < 1.29 is 9.18 Å². The number of halogens is 2. The molecule has 7 heteroatoms. The van der Waals surface area contributed by atoms with E-state index in [0.29, 0.717) is 16.6 Å². The Kier molecular flexibility index (Phi) is 4.71. The van der Waals surface area contributed by atoms with Crippen molar-refractivity contribution in [3.8, 4) is 0 Å². The molecule has 0 radical (unpaired) electrons. The Balaban J connectivity index is 1.72. The smallest absolute Gasteiger partial charge is 0.261 e. The number of nitrogens with one attached hydrogen (secondary N) is 1. The summed E-state index contributed by atoms with van der Waals surface area (Å²) >= 11 is 3.33. The van der Waals surface area contributed by atoms with Crippen LogP contribution in [-0.4, -0.2) is 15.5 Å². The predicted molar refractivity (Wildman–Crippen MR) is 93.3 cm³/mol. The second-order valence-electron chi connectivity index (χ2n) is 5.21. The van der Waals surface area contributed by atoms with E-state index in [9.17, 15) is 14.0 Å². The molecule has 0 atom stereocenters. The fourth-order valence-electron chi connectivity index (χ4n) is 2.30. The topological polar surface area (TPSA) is 64.0 Å². The zero-order chi connectivity index (χ0) is 17.1. The van der Waals surface area contributed by atoms with Gasteiger partial charge in [-0.05, 0) is 36.4 Å². The Morgan fingerprint density at radius 1 is 1.25 bits per heavy atom. The quantitative estimate of drug-likeness (QED) is 0.744. The number of hydrogen-bond acceptors (Lipinski definition) is 3. The van der Waals surface area contributed by atoms with Crippen molar-refractivity contribution in [1.82, 2.24) is 9.55 Å². The van der Waals surface area contributed by atoms with Gasteiger partial charge in [0.25, 0.3) is 5.56 Å². The van der Waals surface area contributed by atoms with Crippen molar-refractivity contribution in [2.45, 2.75) is 13.0 Å². The van der Waals surface area contributed by atoms with Crippen molar-refractivity contribution in [3.63, 3.8) is 0 Å². The lowest BCUT2D eigenvalue weighted by atomic mass is 10.2. The van der Waals surface area contributed by atoms with Crippen LogP contribution in [0.4, 0.5) is 10.1 Å². The second-order valence-corrected chi connectivity index (χ2v) is 6.13. The van der Waals surface area contributed by atoms with E-state index in [1.807, 2.05) is 6.07 Å². The molecular formula is C17H13BrFN3O2. The van der Waals surface area contributed by atoms with Crippen LogP contribution in [0.15, 0.2) is 58.1 Å². The van der Waals surface area contributed by atoms with Crippen LogP contribution in [0.3, 0.4) is 0 Å². The van der Waals surface area contributed by atoms with E-state index >= 15 is 0 Å². The van der Waals surface area contributed by atoms with Gasteiger partial charge in [-0.1, -0.05) is 22.0 Å². The summed E-state index contributed by atoms with van der Waals surface area (Å²) in [5.41, 5.74) is 0.774. The summed E-state index contributed by atoms with van der Waals surface area (Å²) in [6, 6.07) is 10.9. The van der Waals surface area contributed by atoms with Crippen LogP contribution in [0.1, 0.15) is 6.42 Å². The number of carbonyl (C=O) groups is 1. The Morgan fingerprint density at radius 2 is 2.08 bits per heavy atom. The molecule has 1 amide bonds. The molecule has 0 aliphatic heterocycles. The summed E-state index contributed by atoms with van der Waals surface area (Å²) in [5.74, 6) is -0.727. The van der Waals surface area contributed by atoms with Gasteiger partial charge in [-0.15, -0.1) is 0 Å². The molecule has 0 aliphatic rings. The lowest BCUT2D eigenvalue weighted by Crippen LogP contribution is -2.23. The van der Waals surface area contributed by atoms with Crippen LogP contribution in [0.25, 0.3) is 10.9 Å². The first-order chi connectivity index (χ1) is 11.5. The first kappa shape index (κ1) is 16.3. The monoisotopic (exact) mass is 389 g/mol. The molecule has 1 aromatic heterocycles. The van der Waals surface area contributed by atoms with Crippen LogP contribution >= 0.6 is 15.9 Å². The van der Waals surface area contributed by atoms with Crippen LogP contribution < -0.4 is 10.9 Å². The molecule has 0 bridgehead atoms. The maximum atomic E-state index is 13.1. The van der Waals surface area contributed by atoms with Crippen LogP contribution in [0, 0.1) is 5.82 Å². The third-order valence-electron chi connectivity index (χ3n) is 3.47. The zero-order valence-corrected chi connectivity index (χ0v) is 14.1. The third kappa shape index (κ3) is 3.68. The van der Waals surface area contributed by atoms with Gasteiger partial charge < -0.3 is 5.32 Å². The normalized spacial score (nSPS) is 10.8. The molecule has 2 aromatic carbocycles. The molecule has 0 saturated heterocycles. The maximum absolute atomic E-state index is 13.1. The minimum absolute atomic E-state index is 0.0810. The van der Waals surface area contributed by atoms with Gasteiger partial charge in [0.15, 0.2) is 0 Å². The fourth-order valence-corrected chi connectivity index (χ4v) is 2.66. The second kappa shape index (κ2) is 6.92. The standard InChI is InChI=1S/C17H13BrFN3O2/c18-11-4-5-15-14(8-11)17(24)22(10-20-15)7-6-16(23)21-13-3-1-2-12(19)9-13/h1-5,8-10H,6-7H2,(H,21,23). The van der Waals surface area contributed by atoms with Crippen molar-refractivity contribution in [2.24, 2.45) is 0 Å². The number of carbonyl (C=O) groups excluding carboxylic acids is 1. The molecule has 1 N–H and O–H groups in total. The zero-order valence-electron chi connectivity index (χ0n) is 12.5. The number of anilines is 1. The van der Waals surface area contributed by atoms with Crippen molar-refractivity contribution >= 4 is 38.4 Å². The highest BCUT2D eigenvalue weighted by molar-refractivity contribution is 9.10. The molecule has 24 heavy (non-hydrogen) atoms. The molecule has 0 aliphatic carbocycles. The average molecular weight is 390 g/mol. The molecule has 3 aromatic rings. The first-order valence-electron chi connectivity index (χ1n) is 7.23. The highest BCUT2D eigenvalue weighted by atomic mass is 79.9. The van der Waals surface area contributed by atoms with Gasteiger partial charge in [0.1, 0.15) is 5.82 Å². The van der Waals surface area contributed by atoms with E-state index in [2.05, 4.69) is 26.2 Å². The predicted octanol–water partition coefficient (Wildman–Crippen LogP) is 3.33. The van der Waals surface area contributed by atoms with Crippen molar-refractivity contribution in [3.05, 3.63) is 69.4 Å². The van der Waals surface area contributed by atoms with Gasteiger partial charge in [-0.3, -0.25) is 14.2 Å². The molecule has 122 valence electrons. The Hall–Kier alpha value is -2.54. The molecule has 3 rings (SSSR count). The van der Waals surface area contributed by atoms with E-state index in [4.69, 9.17) is 0 Å². The molecule has 0 unspecified atom stereocenters. The van der Waals surface area contributed by atoms with Crippen LogP contribution in [0.5, 0.6) is 0 Å². The number of benzene rings is 2. The average Bonchev–Trinajstić information content (AvgIpc) is 2.55. The minimum atomic E-state index is -0.423. The Bertz CT molecular complexity index is 971. The Labute approximate surface area is 145 Å². The largest absolute Gasteiger partial charge is 0.326 e. The van der Waals surface area contributed by atoms with Crippen molar-refractivity contribution in [1.29, 1.82) is 0 Å². The molecule has 5 nitrogen and oxygen atoms in total. The summed E-state index contributed by atoms with van der Waals surface area (Å²) in [6.07, 6.45) is 1.51. The van der Waals surface area contributed by atoms with Gasteiger partial charge in [0.2, 0.25) is 5.91 Å². The summed E-state index contributed by atoms with van der Waals surface area (Å²) in [6.45, 7) is 0.190. The summed E-state index contributed by atoms with van der Waals surface area (Å²) in [7, 11) is 0. The minimum Gasteiger partial charge on any atom is -0.326 e. The first-order valence-corrected chi connectivity index (χ1v) is 8.02. The van der Waals surface area contributed by atoms with E-state index in [1.54, 1.807) is 18.2 Å². The van der Waals surface area contributed by atoms with Crippen molar-refractivity contribution in [2.75, 3.05) is 5.32 Å². The van der Waals surface area contributed by atoms with Gasteiger partial charge in [-0.25, -0.2) is 9.37 Å². The molecular weight excluding hydrogens is 377 g/mol. The number of nitrogens with zero attached hydrogens (tertiary/aromatic N) is 2. The van der Waals surface area contributed by atoms with Crippen LogP contribution in [-0.2, 0) is 11.3 Å². The summed E-state index contributed by atoms with van der Waals surface area (Å²) in [4.78, 5) is 28.6. The summed E-state index contributed by atoms with van der Waals surface area (Å²) in [5, 5.41) is 3.08. The summed E-state index contributed by atoms with van der Waals surface area (Å²) < 4.78 is 15.3. The molecule has 1 heterocycles. The molecule has 0 fully saturated rings. The number of hydrogen-bond donors (Lipinski definition) is 1. The SMILES string of the molecule is O=C(CCn1cnc2ccc(Br)cc2c1=O)Nc1cccc(F)c1. The lowest BCUT2D eigenvalue weighted by Gasteiger charge is -2.08. The molecule has 0 spiro atoms. The van der Waals surface area contributed by atoms with Gasteiger partial charge >= 0.3 is 0 Å². The Morgan fingerprint density at radius 3 is 2.88 bits per heavy atom. The number of rotatable bonds is 4. The lowest BCUT2D eigenvalue weighted by molar-refractivity contribution is -0.116. The number of aryl methyl sites for hydroxylation is 1. The number of amides is 1. The van der Waals surface area contributed by atoms with E-state index in [1.165, 1.54) is 29.1 Å². The van der Waals surface area contributed by atoms with E-state index in [0.717, 1.165) is 4.47 Å². The number of fused-ring (bicyclic) bond motifs is 1. The third-order valence-corrected chi connectivity index (χ3v) is 3.97. The highest BCUT2D eigenvalue weighted by Gasteiger charge is 2.08. The van der Waals surface area contributed by atoms with E-state index in [-0.39, 0.29) is 24.4 Å². The van der Waals surface area contributed by atoms with Crippen LogP contribution in [0.2, 0.25) is 0 Å². The molecule has 0 saturated carbocycles. The maximum Gasteiger partial charge on any atom is 0.261 e. The van der Waals surface area contributed by atoms with Gasteiger partial charge in [0, 0.05) is 23.1 Å². The van der Waals surface area contributed by atoms with Gasteiger partial charge in [0.05, 0.1) is 17.2 Å². The van der Waals surface area contributed by atoms with Gasteiger partial charge in [-0.2, -0.15) is 0 Å². The highest BCUT2D eigenvalue weighted by Crippen LogP contribution is 2.15.